The minimum atomic E-state index is -0.340. The first kappa shape index (κ1) is 16.8. The van der Waals surface area contributed by atoms with Crippen molar-refractivity contribution in [3.63, 3.8) is 0 Å². The highest BCUT2D eigenvalue weighted by Crippen LogP contribution is 2.21. The quantitative estimate of drug-likeness (QED) is 0.739. The van der Waals surface area contributed by atoms with Gasteiger partial charge in [-0.25, -0.2) is 0 Å². The van der Waals surface area contributed by atoms with E-state index in [0.717, 1.165) is 44.9 Å². The summed E-state index contributed by atoms with van der Waals surface area (Å²) in [6.07, 6.45) is 11.2. The second-order valence-electron chi connectivity index (χ2n) is 7.10. The van der Waals surface area contributed by atoms with Crippen LogP contribution in [0.3, 0.4) is 0 Å². The topological polar surface area (TPSA) is 44.4 Å². The van der Waals surface area contributed by atoms with Gasteiger partial charge in [0.15, 0.2) is 0 Å². The molecule has 0 aromatic heterocycles. The maximum absolute atomic E-state index is 12.3. The van der Waals surface area contributed by atoms with E-state index >= 15 is 0 Å². The lowest BCUT2D eigenvalue weighted by molar-refractivity contribution is -0.127. The van der Waals surface area contributed by atoms with Crippen LogP contribution in [0, 0.1) is 0 Å². The van der Waals surface area contributed by atoms with Crippen LogP contribution in [0.4, 0.5) is 0 Å². The highest BCUT2D eigenvalue weighted by molar-refractivity contribution is 5.85. The number of piperidine rings is 1. The van der Waals surface area contributed by atoms with Crippen molar-refractivity contribution in [2.45, 2.75) is 76.3 Å². The molecule has 0 aromatic rings. The van der Waals surface area contributed by atoms with Gasteiger partial charge in [-0.2, -0.15) is 0 Å². The van der Waals surface area contributed by atoms with Crippen molar-refractivity contribution in [1.82, 2.24) is 15.5 Å². The first-order valence-corrected chi connectivity index (χ1v) is 8.85. The third-order valence-corrected chi connectivity index (χ3v) is 5.29. The summed E-state index contributed by atoms with van der Waals surface area (Å²) >= 11 is 0. The molecule has 0 aromatic carbocycles. The molecular weight excluding hydrogens is 262 g/mol. The second-order valence-corrected chi connectivity index (χ2v) is 7.10. The van der Waals surface area contributed by atoms with Crippen LogP contribution in [-0.2, 0) is 4.79 Å². The lowest BCUT2D eigenvalue weighted by atomic mass is 9.90. The SMILES string of the molecule is CN(CCCNC(=O)C1(C)CCCCN1)C1CCCCC1. The lowest BCUT2D eigenvalue weighted by Crippen LogP contribution is -2.57. The Hall–Kier alpha value is -0.610. The van der Waals surface area contributed by atoms with Crippen LogP contribution in [-0.4, -0.2) is 49.1 Å². The molecular formula is C17H33N3O. The molecule has 1 saturated carbocycles. The Balaban J connectivity index is 1.61. The second kappa shape index (κ2) is 8.14. The molecule has 2 N–H and O–H groups in total. The van der Waals surface area contributed by atoms with E-state index in [1.165, 1.54) is 38.5 Å². The molecule has 1 atom stereocenters. The minimum Gasteiger partial charge on any atom is -0.354 e. The Labute approximate surface area is 130 Å². The highest BCUT2D eigenvalue weighted by atomic mass is 16.2. The van der Waals surface area contributed by atoms with Crippen LogP contribution >= 0.6 is 0 Å². The first-order chi connectivity index (χ1) is 10.1. The van der Waals surface area contributed by atoms with E-state index in [1.807, 2.05) is 6.92 Å². The van der Waals surface area contributed by atoms with Crippen molar-refractivity contribution in [2.75, 3.05) is 26.7 Å². The Kier molecular flexibility index (Phi) is 6.49. The first-order valence-electron chi connectivity index (χ1n) is 8.85. The fraction of sp³-hybridized carbons (Fsp3) is 0.941. The molecule has 1 heterocycles. The average molecular weight is 295 g/mol. The van der Waals surface area contributed by atoms with E-state index in [4.69, 9.17) is 0 Å². The Morgan fingerprint density at radius 2 is 2.00 bits per heavy atom. The van der Waals surface area contributed by atoms with Gasteiger partial charge in [0.25, 0.3) is 0 Å². The zero-order valence-corrected chi connectivity index (χ0v) is 13.9. The average Bonchev–Trinajstić information content (AvgIpc) is 2.52. The third-order valence-electron chi connectivity index (χ3n) is 5.29. The predicted octanol–water partition coefficient (Wildman–Crippen LogP) is 2.29. The molecule has 0 bridgehead atoms. The van der Waals surface area contributed by atoms with E-state index < -0.39 is 0 Å². The maximum Gasteiger partial charge on any atom is 0.240 e. The number of rotatable bonds is 6. The standard InChI is InChI=1S/C17H33N3O/c1-17(11-6-7-13-19-17)16(21)18-12-8-14-20(2)15-9-4-3-5-10-15/h15,19H,3-14H2,1-2H3,(H,18,21). The number of carbonyl (C=O) groups is 1. The van der Waals surface area contributed by atoms with Crippen LogP contribution in [0.1, 0.15) is 64.7 Å². The van der Waals surface area contributed by atoms with Crippen LogP contribution in [0.25, 0.3) is 0 Å². The molecule has 1 saturated heterocycles. The summed E-state index contributed by atoms with van der Waals surface area (Å²) < 4.78 is 0. The van der Waals surface area contributed by atoms with Crippen molar-refractivity contribution in [3.8, 4) is 0 Å². The normalized spacial score (nSPS) is 27.8. The van der Waals surface area contributed by atoms with E-state index in [-0.39, 0.29) is 11.4 Å². The largest absolute Gasteiger partial charge is 0.354 e. The maximum atomic E-state index is 12.3. The summed E-state index contributed by atoms with van der Waals surface area (Å²) in [6, 6.07) is 0.770. The molecule has 1 unspecified atom stereocenters. The van der Waals surface area contributed by atoms with E-state index in [2.05, 4.69) is 22.6 Å². The van der Waals surface area contributed by atoms with Crippen molar-refractivity contribution in [2.24, 2.45) is 0 Å². The summed E-state index contributed by atoms with van der Waals surface area (Å²) in [5.74, 6) is 0.183. The van der Waals surface area contributed by atoms with Gasteiger partial charge in [0.2, 0.25) is 5.91 Å². The number of carbonyl (C=O) groups excluding carboxylic acids is 1. The fourth-order valence-electron chi connectivity index (χ4n) is 3.68. The molecule has 1 amide bonds. The number of amides is 1. The zero-order valence-electron chi connectivity index (χ0n) is 13.9. The molecule has 21 heavy (non-hydrogen) atoms. The molecule has 4 heteroatoms. The summed E-state index contributed by atoms with van der Waals surface area (Å²) in [6.45, 7) is 4.90. The molecule has 1 aliphatic heterocycles. The number of hydrogen-bond donors (Lipinski definition) is 2. The minimum absolute atomic E-state index is 0.183. The van der Waals surface area contributed by atoms with Crippen molar-refractivity contribution >= 4 is 5.91 Å². The van der Waals surface area contributed by atoms with Gasteiger partial charge < -0.3 is 15.5 Å². The molecule has 2 aliphatic rings. The Bertz CT molecular complexity index is 320. The molecule has 0 radical (unpaired) electrons. The number of nitrogens with zero attached hydrogens (tertiary/aromatic N) is 1. The van der Waals surface area contributed by atoms with Crippen molar-refractivity contribution in [1.29, 1.82) is 0 Å². The van der Waals surface area contributed by atoms with Gasteiger partial charge in [0.05, 0.1) is 5.54 Å². The van der Waals surface area contributed by atoms with Crippen molar-refractivity contribution in [3.05, 3.63) is 0 Å². The van der Waals surface area contributed by atoms with E-state index in [0.29, 0.717) is 0 Å². The van der Waals surface area contributed by atoms with Crippen molar-refractivity contribution < 1.29 is 4.79 Å². The summed E-state index contributed by atoms with van der Waals surface area (Å²) in [5, 5.41) is 6.50. The molecule has 2 rings (SSSR count). The molecule has 122 valence electrons. The Morgan fingerprint density at radius 3 is 2.67 bits per heavy atom. The van der Waals surface area contributed by atoms with Gasteiger partial charge in [-0.05, 0) is 65.6 Å². The molecule has 2 fully saturated rings. The number of nitrogens with one attached hydrogen (secondary N) is 2. The van der Waals surface area contributed by atoms with E-state index in [9.17, 15) is 4.79 Å². The van der Waals surface area contributed by atoms with Crippen LogP contribution in [0.2, 0.25) is 0 Å². The predicted molar refractivity (Wildman–Crippen MR) is 87.4 cm³/mol. The summed E-state index contributed by atoms with van der Waals surface area (Å²) in [7, 11) is 2.24. The van der Waals surface area contributed by atoms with Gasteiger partial charge in [0.1, 0.15) is 0 Å². The lowest BCUT2D eigenvalue weighted by Gasteiger charge is -2.34. The Morgan fingerprint density at radius 1 is 1.24 bits per heavy atom. The molecule has 1 aliphatic carbocycles. The zero-order chi connectivity index (χ0) is 15.1. The van der Waals surface area contributed by atoms with Gasteiger partial charge in [-0.15, -0.1) is 0 Å². The summed E-state index contributed by atoms with van der Waals surface area (Å²) in [5.41, 5.74) is -0.340. The third kappa shape index (κ3) is 4.96. The highest BCUT2D eigenvalue weighted by Gasteiger charge is 2.33. The van der Waals surface area contributed by atoms with Gasteiger partial charge >= 0.3 is 0 Å². The smallest absolute Gasteiger partial charge is 0.240 e. The van der Waals surface area contributed by atoms with E-state index in [1.54, 1.807) is 0 Å². The van der Waals surface area contributed by atoms with Crippen LogP contribution < -0.4 is 10.6 Å². The monoisotopic (exact) mass is 295 g/mol. The van der Waals surface area contributed by atoms with Crippen LogP contribution in [0.15, 0.2) is 0 Å². The van der Waals surface area contributed by atoms with Gasteiger partial charge in [-0.1, -0.05) is 19.3 Å². The number of hydrogen-bond acceptors (Lipinski definition) is 3. The van der Waals surface area contributed by atoms with Gasteiger partial charge in [0, 0.05) is 12.6 Å². The fourth-order valence-corrected chi connectivity index (χ4v) is 3.68. The van der Waals surface area contributed by atoms with Crippen LogP contribution in [0.5, 0.6) is 0 Å². The molecule has 4 nitrogen and oxygen atoms in total. The molecule has 0 spiro atoms. The van der Waals surface area contributed by atoms with Gasteiger partial charge in [-0.3, -0.25) is 4.79 Å². The summed E-state index contributed by atoms with van der Waals surface area (Å²) in [4.78, 5) is 14.8.